The summed E-state index contributed by atoms with van der Waals surface area (Å²) in [4.78, 5) is 11.3. The molecule has 3 fully saturated rings. The number of ether oxygens (including phenoxy) is 3. The first kappa shape index (κ1) is 8.43. The fourth-order valence-electron chi connectivity index (χ4n) is 2.27. The lowest BCUT2D eigenvalue weighted by molar-refractivity contribution is -0.154. The van der Waals surface area contributed by atoms with E-state index in [-0.39, 0.29) is 30.3 Å². The molecule has 14 heavy (non-hydrogen) atoms. The normalized spacial score (nSPS) is 49.4. The Bertz CT molecular complexity index is 328. The molecule has 1 saturated carbocycles. The molecule has 2 bridgehead atoms. The Labute approximate surface area is 84.9 Å². The predicted octanol–water partition coefficient (Wildman–Crippen LogP) is -0.494. The van der Waals surface area contributed by atoms with E-state index in [1.54, 1.807) is 0 Å². The van der Waals surface area contributed by atoms with Gasteiger partial charge in [0, 0.05) is 25.1 Å². The van der Waals surface area contributed by atoms with Gasteiger partial charge >= 0.3 is 11.2 Å². The maximum atomic E-state index is 11.3. The zero-order valence-corrected chi connectivity index (χ0v) is 7.95. The molecule has 76 valence electrons. The van der Waals surface area contributed by atoms with E-state index in [2.05, 4.69) is 0 Å². The van der Waals surface area contributed by atoms with Crippen molar-refractivity contribution in [2.45, 2.75) is 36.8 Å². The summed E-state index contributed by atoms with van der Waals surface area (Å²) >= 11 is 4.75. The van der Waals surface area contributed by atoms with E-state index in [0.717, 1.165) is 0 Å². The Balaban J connectivity index is 1.94. The number of carbonyl (C=O) groups excluding carboxylic acids is 1. The van der Waals surface area contributed by atoms with Crippen molar-refractivity contribution in [2.75, 3.05) is 0 Å². The van der Waals surface area contributed by atoms with E-state index in [1.807, 2.05) is 0 Å². The van der Waals surface area contributed by atoms with Gasteiger partial charge in [-0.15, -0.1) is 0 Å². The van der Waals surface area contributed by atoms with Crippen LogP contribution in [0.5, 0.6) is 0 Å². The Hall–Kier alpha value is -0.880. The fraction of sp³-hybridized carbons (Fsp3) is 0.750. The molecule has 0 spiro atoms. The minimum Gasteiger partial charge on any atom is -0.456 e. The topological polar surface area (TPSA) is 65.0 Å². The zero-order chi connectivity index (χ0) is 9.92. The summed E-state index contributed by atoms with van der Waals surface area (Å²) in [5.74, 6) is -0.574. The molecule has 1 aliphatic carbocycles. The highest BCUT2D eigenvalue weighted by atomic mass is 32.1. The number of fused-ring (bicyclic) bond motifs is 4. The van der Waals surface area contributed by atoms with E-state index in [4.69, 9.17) is 26.4 Å². The van der Waals surface area contributed by atoms with Gasteiger partial charge in [-0.2, -0.15) is 0 Å². The zero-order valence-electron chi connectivity index (χ0n) is 7.13. The van der Waals surface area contributed by atoms with Crippen molar-refractivity contribution in [3.63, 3.8) is 0 Å². The van der Waals surface area contributed by atoms with Crippen LogP contribution in [-0.4, -0.2) is 40.2 Å². The number of esters is 1. The number of carbonyl (C=O) groups is 1. The molecule has 0 aromatic rings. The number of rotatable bonds is 0. The lowest BCUT2D eigenvalue weighted by Crippen LogP contribution is -2.47. The van der Waals surface area contributed by atoms with Gasteiger partial charge < -0.3 is 19.3 Å². The summed E-state index contributed by atoms with van der Waals surface area (Å²) < 4.78 is 15.4. The van der Waals surface area contributed by atoms with Crippen molar-refractivity contribution in [1.29, 1.82) is 0 Å². The summed E-state index contributed by atoms with van der Waals surface area (Å²) in [6.07, 6.45) is -0.634. The maximum absolute atomic E-state index is 11.3. The van der Waals surface area contributed by atoms with Gasteiger partial charge in [0.15, 0.2) is 11.7 Å². The molecule has 2 heterocycles. The number of aliphatic hydroxyl groups is 1. The van der Waals surface area contributed by atoms with Crippen molar-refractivity contribution in [1.82, 2.24) is 0 Å². The molecule has 4 atom stereocenters. The van der Waals surface area contributed by atoms with Gasteiger partial charge in [-0.1, -0.05) is 0 Å². The molecule has 3 rings (SSSR count). The Morgan fingerprint density at radius 1 is 1.29 bits per heavy atom. The first-order valence-electron chi connectivity index (χ1n) is 4.39. The van der Waals surface area contributed by atoms with Crippen LogP contribution in [0.4, 0.5) is 0 Å². The molecule has 0 aromatic carbocycles. The minimum absolute atomic E-state index is 0.0761. The third-order valence-electron chi connectivity index (χ3n) is 2.93. The summed E-state index contributed by atoms with van der Waals surface area (Å²) in [7, 11) is 0. The van der Waals surface area contributed by atoms with Gasteiger partial charge in [-0.25, -0.2) is 4.79 Å². The van der Waals surface area contributed by atoms with Gasteiger partial charge in [-0.3, -0.25) is 0 Å². The summed E-state index contributed by atoms with van der Waals surface area (Å²) in [5.41, 5.74) is -1.39. The van der Waals surface area contributed by atoms with Crippen LogP contribution < -0.4 is 0 Å². The van der Waals surface area contributed by atoms with Crippen LogP contribution in [0.25, 0.3) is 0 Å². The molecule has 5 nitrogen and oxygen atoms in total. The number of hydrogen-bond acceptors (Lipinski definition) is 6. The highest BCUT2D eigenvalue weighted by Crippen LogP contribution is 2.42. The summed E-state index contributed by atoms with van der Waals surface area (Å²) in [6.45, 7) is 0. The van der Waals surface area contributed by atoms with E-state index < -0.39 is 17.7 Å². The van der Waals surface area contributed by atoms with E-state index in [0.29, 0.717) is 0 Å². The first-order valence-corrected chi connectivity index (χ1v) is 4.80. The van der Waals surface area contributed by atoms with E-state index in [9.17, 15) is 9.90 Å². The Kier molecular flexibility index (Phi) is 1.43. The maximum Gasteiger partial charge on any atom is 0.353 e. The van der Waals surface area contributed by atoms with Crippen LogP contribution in [0.3, 0.4) is 0 Å². The molecule has 6 heteroatoms. The van der Waals surface area contributed by atoms with Crippen molar-refractivity contribution < 1.29 is 24.1 Å². The smallest absolute Gasteiger partial charge is 0.353 e. The van der Waals surface area contributed by atoms with Crippen LogP contribution in [0.1, 0.15) is 12.8 Å². The molecule has 0 amide bonds. The van der Waals surface area contributed by atoms with Crippen LogP contribution in [0, 0.1) is 0 Å². The molecule has 0 radical (unpaired) electrons. The monoisotopic (exact) mass is 216 g/mol. The average molecular weight is 216 g/mol. The van der Waals surface area contributed by atoms with Gasteiger partial charge in [0.1, 0.15) is 12.2 Å². The number of hydrogen-bond donors (Lipinski definition) is 1. The van der Waals surface area contributed by atoms with Crippen molar-refractivity contribution in [2.24, 2.45) is 0 Å². The quantitative estimate of drug-likeness (QED) is 0.435. The van der Waals surface area contributed by atoms with Crippen molar-refractivity contribution in [3.05, 3.63) is 0 Å². The average Bonchev–Trinajstić information content (AvgIpc) is 2.54. The largest absolute Gasteiger partial charge is 0.456 e. The number of thiocarbonyl (C=S) groups is 1. The van der Waals surface area contributed by atoms with Gasteiger partial charge in [0.05, 0.1) is 0 Å². The third kappa shape index (κ3) is 0.923. The van der Waals surface area contributed by atoms with Crippen LogP contribution in [0.15, 0.2) is 0 Å². The van der Waals surface area contributed by atoms with Crippen LogP contribution in [-0.2, 0) is 19.0 Å². The van der Waals surface area contributed by atoms with Crippen molar-refractivity contribution in [3.8, 4) is 0 Å². The van der Waals surface area contributed by atoms with Crippen LogP contribution >= 0.6 is 12.2 Å². The third-order valence-corrected chi connectivity index (χ3v) is 3.12. The summed E-state index contributed by atoms with van der Waals surface area (Å²) in [6, 6.07) is 0. The lowest BCUT2D eigenvalue weighted by atomic mass is 9.82. The second-order valence-electron chi connectivity index (χ2n) is 3.87. The Morgan fingerprint density at radius 3 is 2.64 bits per heavy atom. The lowest BCUT2D eigenvalue weighted by Gasteiger charge is -2.28. The molecular formula is C8H8O5S. The molecule has 2 aliphatic heterocycles. The minimum atomic E-state index is -1.39. The van der Waals surface area contributed by atoms with Crippen LogP contribution in [0.2, 0.25) is 0 Å². The second kappa shape index (κ2) is 2.38. The fourth-order valence-corrected chi connectivity index (χ4v) is 2.50. The standard InChI is InChI=1S/C8H8O5S/c9-6-8(10)1-3(11-6)5-4(2-8)12-7(14)13-5/h3-5,10H,1-2H2/t3-,4-,5?,8-/m1/s1. The first-order chi connectivity index (χ1) is 6.58. The van der Waals surface area contributed by atoms with Gasteiger partial charge in [0.25, 0.3) is 0 Å². The Morgan fingerprint density at radius 2 is 1.93 bits per heavy atom. The van der Waals surface area contributed by atoms with Gasteiger partial charge in [0.2, 0.25) is 0 Å². The van der Waals surface area contributed by atoms with Crippen molar-refractivity contribution >= 4 is 23.4 Å². The van der Waals surface area contributed by atoms with E-state index >= 15 is 0 Å². The molecule has 3 aliphatic rings. The molecule has 1 N–H and O–H groups in total. The molecular weight excluding hydrogens is 208 g/mol. The van der Waals surface area contributed by atoms with E-state index in [1.165, 1.54) is 0 Å². The molecule has 1 unspecified atom stereocenters. The van der Waals surface area contributed by atoms with Gasteiger partial charge in [-0.05, 0) is 0 Å². The highest BCUT2D eigenvalue weighted by molar-refractivity contribution is 7.79. The second-order valence-corrected chi connectivity index (χ2v) is 4.21. The predicted molar refractivity (Wildman–Crippen MR) is 46.4 cm³/mol. The molecule has 0 aromatic heterocycles. The summed E-state index contributed by atoms with van der Waals surface area (Å²) in [5, 5.41) is 9.95. The SMILES string of the molecule is O=C1O[C@@H]2C[C@@]1(O)C[C@H]1OC(=S)OC21. The molecule has 2 saturated heterocycles. The highest BCUT2D eigenvalue weighted by Gasteiger charge is 2.61.